The van der Waals surface area contributed by atoms with E-state index in [4.69, 9.17) is 16.3 Å². The van der Waals surface area contributed by atoms with E-state index < -0.39 is 21.8 Å². The van der Waals surface area contributed by atoms with Crippen molar-refractivity contribution in [3.8, 4) is 0 Å². The first kappa shape index (κ1) is 19.9. The molecule has 0 spiro atoms. The minimum atomic E-state index is -3.45. The van der Waals surface area contributed by atoms with Crippen LogP contribution in [0.2, 0.25) is 5.02 Å². The predicted molar refractivity (Wildman–Crippen MR) is 105 cm³/mol. The van der Waals surface area contributed by atoms with Crippen LogP contribution in [0.4, 0.5) is 4.39 Å². The molecule has 0 saturated heterocycles. The van der Waals surface area contributed by atoms with E-state index in [1.165, 1.54) is 12.1 Å². The highest BCUT2D eigenvalue weighted by atomic mass is 35.5. The van der Waals surface area contributed by atoms with Crippen molar-refractivity contribution in [3.05, 3.63) is 46.1 Å². The van der Waals surface area contributed by atoms with E-state index in [0.29, 0.717) is 28.4 Å². The summed E-state index contributed by atoms with van der Waals surface area (Å²) in [7, 11) is -3.45. The first-order valence-corrected chi connectivity index (χ1v) is 11.6. The molecule has 3 aliphatic carbocycles. The van der Waals surface area contributed by atoms with E-state index in [9.17, 15) is 12.8 Å². The van der Waals surface area contributed by atoms with Gasteiger partial charge in [-0.1, -0.05) is 31.5 Å². The fourth-order valence-electron chi connectivity index (χ4n) is 4.67. The van der Waals surface area contributed by atoms with Gasteiger partial charge in [0, 0.05) is 6.26 Å². The van der Waals surface area contributed by atoms with Crippen molar-refractivity contribution in [1.29, 1.82) is 0 Å². The second kappa shape index (κ2) is 6.28. The van der Waals surface area contributed by atoms with Gasteiger partial charge in [0.15, 0.2) is 14.9 Å². The van der Waals surface area contributed by atoms with E-state index in [1.54, 1.807) is 13.0 Å². The second-order valence-corrected chi connectivity index (χ2v) is 11.1. The second-order valence-electron chi connectivity index (χ2n) is 8.71. The van der Waals surface area contributed by atoms with Gasteiger partial charge < -0.3 is 9.72 Å². The van der Waals surface area contributed by atoms with Crippen LogP contribution in [-0.2, 0) is 14.6 Å². The Morgan fingerprint density at radius 1 is 1.29 bits per heavy atom. The summed E-state index contributed by atoms with van der Waals surface area (Å²) in [5.41, 5.74) is 1.14. The number of imidazole rings is 1. The third-order valence-corrected chi connectivity index (χ3v) is 7.77. The predicted octanol–water partition coefficient (Wildman–Crippen LogP) is 4.60. The van der Waals surface area contributed by atoms with Gasteiger partial charge in [-0.15, -0.1) is 0 Å². The molecule has 1 aromatic carbocycles. The smallest absolute Gasteiger partial charge is 0.192 e. The van der Waals surface area contributed by atoms with Crippen LogP contribution >= 0.6 is 11.6 Å². The molecule has 28 heavy (non-hydrogen) atoms. The number of aryl methyl sites for hydroxylation is 1. The number of hydrogen-bond donors (Lipinski definition) is 1. The van der Waals surface area contributed by atoms with Crippen molar-refractivity contribution in [3.63, 3.8) is 0 Å². The topological polar surface area (TPSA) is 72.0 Å². The molecule has 152 valence electrons. The molecular formula is C20H24ClFN2O3S. The van der Waals surface area contributed by atoms with Crippen molar-refractivity contribution < 1.29 is 17.5 Å². The maximum Gasteiger partial charge on any atom is 0.192 e. The molecule has 0 amide bonds. The van der Waals surface area contributed by atoms with E-state index in [-0.39, 0.29) is 15.6 Å². The minimum Gasteiger partial charge on any atom is -0.359 e. The minimum absolute atomic E-state index is 0.00559. The fourth-order valence-corrected chi connectivity index (χ4v) is 5.73. The Balaban J connectivity index is 1.70. The molecule has 1 heterocycles. The zero-order valence-electron chi connectivity index (χ0n) is 16.3. The number of nitrogens with zero attached hydrogens (tertiary/aromatic N) is 1. The quantitative estimate of drug-likeness (QED) is 0.732. The number of sulfone groups is 1. The monoisotopic (exact) mass is 426 g/mol. The molecule has 3 aliphatic rings. The normalized spacial score (nSPS) is 27.4. The van der Waals surface area contributed by atoms with Crippen LogP contribution < -0.4 is 0 Å². The summed E-state index contributed by atoms with van der Waals surface area (Å²) in [4.78, 5) is 7.34. The lowest BCUT2D eigenvalue weighted by atomic mass is 9.37. The Morgan fingerprint density at radius 2 is 1.93 bits per heavy atom. The van der Waals surface area contributed by atoms with Crippen molar-refractivity contribution >= 4 is 21.4 Å². The van der Waals surface area contributed by atoms with Crippen LogP contribution in [0.15, 0.2) is 23.2 Å². The molecule has 8 heteroatoms. The van der Waals surface area contributed by atoms with Crippen LogP contribution in [0.25, 0.3) is 0 Å². The number of aromatic amines is 1. The molecule has 2 aromatic rings. The maximum absolute atomic E-state index is 13.7. The highest BCUT2D eigenvalue weighted by Gasteiger charge is 2.70. The zero-order chi connectivity index (χ0) is 20.5. The van der Waals surface area contributed by atoms with E-state index >= 15 is 0 Å². The largest absolute Gasteiger partial charge is 0.359 e. The lowest BCUT2D eigenvalue weighted by Crippen LogP contribution is -2.70. The van der Waals surface area contributed by atoms with Crippen molar-refractivity contribution in [2.75, 3.05) is 6.26 Å². The lowest BCUT2D eigenvalue weighted by Gasteiger charge is -2.72. The van der Waals surface area contributed by atoms with E-state index in [0.717, 1.165) is 25.5 Å². The Hall–Kier alpha value is -1.44. The molecule has 5 nitrogen and oxygen atoms in total. The van der Waals surface area contributed by atoms with Gasteiger partial charge in [0.05, 0.1) is 16.3 Å². The van der Waals surface area contributed by atoms with Gasteiger partial charge in [-0.25, -0.2) is 17.8 Å². The SMILES string of the molecule is Cc1nc(C(OC23CC(C(C)C)(C2)C3)c2ccc(F)c(Cl)c2)[nH]c1S(C)(=O)=O. The van der Waals surface area contributed by atoms with E-state index in [2.05, 4.69) is 23.8 Å². The molecule has 5 rings (SSSR count). The Kier molecular flexibility index (Phi) is 4.45. The number of hydrogen-bond acceptors (Lipinski definition) is 4. The van der Waals surface area contributed by atoms with Gasteiger partial charge in [-0.3, -0.25) is 0 Å². The molecule has 1 aromatic heterocycles. The summed E-state index contributed by atoms with van der Waals surface area (Å²) in [6.45, 7) is 6.10. The molecular weight excluding hydrogens is 403 g/mol. The van der Waals surface area contributed by atoms with Gasteiger partial charge in [0.25, 0.3) is 0 Å². The first-order valence-electron chi connectivity index (χ1n) is 9.34. The Labute approximate surface area is 169 Å². The fraction of sp³-hybridized carbons (Fsp3) is 0.550. The van der Waals surface area contributed by atoms with Crippen LogP contribution in [0, 0.1) is 24.1 Å². The highest BCUT2D eigenvalue weighted by Crippen LogP contribution is 2.73. The average molecular weight is 427 g/mol. The molecule has 3 saturated carbocycles. The van der Waals surface area contributed by atoms with Crippen molar-refractivity contribution in [1.82, 2.24) is 9.97 Å². The highest BCUT2D eigenvalue weighted by molar-refractivity contribution is 7.90. The molecule has 0 radical (unpaired) electrons. The van der Waals surface area contributed by atoms with Crippen LogP contribution in [-0.4, -0.2) is 30.2 Å². The molecule has 0 aliphatic heterocycles. The number of halogens is 2. The first-order chi connectivity index (χ1) is 12.9. The van der Waals surface area contributed by atoms with Gasteiger partial charge >= 0.3 is 0 Å². The number of aromatic nitrogens is 2. The van der Waals surface area contributed by atoms with Crippen LogP contribution in [0.5, 0.6) is 0 Å². The van der Waals surface area contributed by atoms with Gasteiger partial charge in [-0.2, -0.15) is 0 Å². The molecule has 1 unspecified atom stereocenters. The zero-order valence-corrected chi connectivity index (χ0v) is 17.9. The van der Waals surface area contributed by atoms with Gasteiger partial charge in [0.2, 0.25) is 0 Å². The summed E-state index contributed by atoms with van der Waals surface area (Å²) in [5.74, 6) is 0.476. The number of benzene rings is 1. The summed E-state index contributed by atoms with van der Waals surface area (Å²) in [6, 6.07) is 4.41. The van der Waals surface area contributed by atoms with Gasteiger partial charge in [-0.05, 0) is 55.2 Å². The van der Waals surface area contributed by atoms with Crippen molar-refractivity contribution in [2.24, 2.45) is 11.3 Å². The number of nitrogens with one attached hydrogen (secondary N) is 1. The lowest BCUT2D eigenvalue weighted by molar-refractivity contribution is -0.314. The Bertz CT molecular complexity index is 1030. The summed E-state index contributed by atoms with van der Waals surface area (Å²) >= 11 is 5.99. The van der Waals surface area contributed by atoms with Gasteiger partial charge in [0.1, 0.15) is 17.7 Å². The molecule has 1 N–H and O–H groups in total. The third kappa shape index (κ3) is 3.08. The summed E-state index contributed by atoms with van der Waals surface area (Å²) in [5, 5.41) is 0.0644. The van der Waals surface area contributed by atoms with Crippen LogP contribution in [0.1, 0.15) is 56.3 Å². The van der Waals surface area contributed by atoms with Crippen molar-refractivity contribution in [2.45, 2.75) is 56.8 Å². The van der Waals surface area contributed by atoms with Crippen LogP contribution in [0.3, 0.4) is 0 Å². The molecule has 2 bridgehead atoms. The Morgan fingerprint density at radius 3 is 2.43 bits per heavy atom. The standard InChI is InChI=1S/C20H24ClFN2O3S/c1-11(2)19-8-20(9-19,10-19)27-16(13-5-6-15(22)14(21)7-13)17-23-12(3)18(24-17)28(4,25)26/h5-7,11,16H,8-10H2,1-4H3,(H,23,24). The number of rotatable bonds is 6. The maximum atomic E-state index is 13.7. The van der Waals surface area contributed by atoms with E-state index in [1.807, 2.05) is 0 Å². The average Bonchev–Trinajstić information content (AvgIpc) is 2.89. The molecule has 1 atom stereocenters. The summed E-state index contributed by atoms with van der Waals surface area (Å²) < 4.78 is 44.2. The number of ether oxygens (including phenoxy) is 1. The number of H-pyrrole nitrogens is 1. The third-order valence-electron chi connectivity index (χ3n) is 6.34. The summed E-state index contributed by atoms with van der Waals surface area (Å²) in [6.07, 6.45) is 3.42. The molecule has 3 fully saturated rings.